The number of ether oxygens (including phenoxy) is 2. The average molecular weight is 358 g/mol. The molecule has 1 aromatic rings. The van der Waals surface area contributed by atoms with Gasteiger partial charge in [-0.15, -0.1) is 5.10 Å². The van der Waals surface area contributed by atoms with E-state index < -0.39 is 21.9 Å². The van der Waals surface area contributed by atoms with Gasteiger partial charge in [0.1, 0.15) is 5.69 Å². The number of hydrogen-bond donors (Lipinski definition) is 1. The second-order valence-electron chi connectivity index (χ2n) is 6.99. The van der Waals surface area contributed by atoms with Crippen LogP contribution in [0.3, 0.4) is 0 Å². The zero-order valence-corrected chi connectivity index (χ0v) is 14.4. The van der Waals surface area contributed by atoms with Crippen LogP contribution in [0.2, 0.25) is 0 Å². The summed E-state index contributed by atoms with van der Waals surface area (Å²) in [6.45, 7) is 2.11. The molecule has 0 spiro atoms. The molecule has 1 aromatic heterocycles. The van der Waals surface area contributed by atoms with Crippen molar-refractivity contribution in [2.24, 2.45) is 5.92 Å². The van der Waals surface area contributed by atoms with E-state index in [0.29, 0.717) is 38.4 Å². The van der Waals surface area contributed by atoms with Gasteiger partial charge in [0, 0.05) is 19.6 Å². The van der Waals surface area contributed by atoms with E-state index in [4.69, 9.17) is 9.47 Å². The average Bonchev–Trinajstić information content (AvgIpc) is 3.24. The first-order valence-electron chi connectivity index (χ1n) is 8.20. The second-order valence-corrected chi connectivity index (χ2v) is 8.97. The van der Waals surface area contributed by atoms with Crippen molar-refractivity contribution < 1.29 is 23.0 Å². The zero-order chi connectivity index (χ0) is 16.9. The van der Waals surface area contributed by atoms with E-state index in [2.05, 4.69) is 10.3 Å². The Kier molecular flexibility index (Phi) is 3.92. The molecule has 4 heterocycles. The number of hydrogen-bond acceptors (Lipinski definition) is 7. The van der Waals surface area contributed by atoms with Crippen LogP contribution in [0.4, 0.5) is 0 Å². The summed E-state index contributed by atoms with van der Waals surface area (Å²) >= 11 is 0. The highest BCUT2D eigenvalue weighted by atomic mass is 32.2. The smallest absolute Gasteiger partial charge is 0.211 e. The van der Waals surface area contributed by atoms with Crippen LogP contribution in [0.25, 0.3) is 0 Å². The molecular weight excluding hydrogens is 336 g/mol. The molecule has 2 bridgehead atoms. The van der Waals surface area contributed by atoms with E-state index in [-0.39, 0.29) is 12.0 Å². The topological polar surface area (TPSA) is 107 Å². The molecule has 3 saturated heterocycles. The van der Waals surface area contributed by atoms with Crippen molar-refractivity contribution >= 4 is 10.0 Å². The zero-order valence-electron chi connectivity index (χ0n) is 13.5. The Morgan fingerprint density at radius 3 is 3.04 bits per heavy atom. The lowest BCUT2D eigenvalue weighted by Crippen LogP contribution is -2.44. The van der Waals surface area contributed by atoms with Crippen molar-refractivity contribution in [3.8, 4) is 0 Å². The number of rotatable bonds is 4. The molecule has 3 fully saturated rings. The summed E-state index contributed by atoms with van der Waals surface area (Å²) in [7, 11) is -3.14. The van der Waals surface area contributed by atoms with E-state index in [0.717, 1.165) is 12.8 Å². The van der Waals surface area contributed by atoms with Gasteiger partial charge in [0.15, 0.2) is 11.9 Å². The highest BCUT2D eigenvalue weighted by Gasteiger charge is 2.51. The van der Waals surface area contributed by atoms with E-state index in [9.17, 15) is 13.5 Å². The predicted molar refractivity (Wildman–Crippen MR) is 82.3 cm³/mol. The van der Waals surface area contributed by atoms with E-state index in [1.165, 1.54) is 10.6 Å². The fourth-order valence-corrected chi connectivity index (χ4v) is 4.61. The minimum absolute atomic E-state index is 0.0609. The molecule has 9 nitrogen and oxygen atoms in total. The minimum Gasteiger partial charge on any atom is -0.378 e. The van der Waals surface area contributed by atoms with Gasteiger partial charge in [-0.3, -0.25) is 4.68 Å². The van der Waals surface area contributed by atoms with Gasteiger partial charge in [0.05, 0.1) is 25.2 Å². The van der Waals surface area contributed by atoms with Crippen molar-refractivity contribution in [2.75, 3.05) is 26.0 Å². The molecule has 0 aliphatic carbocycles. The Morgan fingerprint density at radius 2 is 2.29 bits per heavy atom. The summed E-state index contributed by atoms with van der Waals surface area (Å²) in [6.07, 6.45) is 4.38. The number of sulfonamides is 1. The molecule has 4 atom stereocenters. The van der Waals surface area contributed by atoms with Gasteiger partial charge < -0.3 is 14.6 Å². The lowest BCUT2D eigenvalue weighted by Gasteiger charge is -2.34. The van der Waals surface area contributed by atoms with Crippen LogP contribution in [-0.2, 0) is 31.6 Å². The molecule has 3 aliphatic rings. The van der Waals surface area contributed by atoms with Crippen LogP contribution in [0.5, 0.6) is 0 Å². The number of aliphatic hydroxyl groups is 1. The minimum atomic E-state index is -3.14. The Morgan fingerprint density at radius 1 is 1.46 bits per heavy atom. The molecule has 0 aromatic carbocycles. The fraction of sp³-hybridized carbons (Fsp3) is 0.857. The summed E-state index contributed by atoms with van der Waals surface area (Å²) in [5.74, 6) is 0.193. The van der Waals surface area contributed by atoms with Crippen molar-refractivity contribution in [3.63, 3.8) is 0 Å². The molecule has 3 aliphatic heterocycles. The van der Waals surface area contributed by atoms with Crippen molar-refractivity contribution in [1.29, 1.82) is 0 Å². The van der Waals surface area contributed by atoms with Gasteiger partial charge >= 0.3 is 0 Å². The number of nitrogens with zero attached hydrogens (tertiary/aromatic N) is 4. The summed E-state index contributed by atoms with van der Waals surface area (Å²) in [6, 6.07) is 0. The standard InChI is InChI=1S/C14H22N4O5S/c1-24(20,21)18-5-3-10(7-18)6-17-8-12(15-16-17)14(19)4-2-11-9-22-13(14)23-11/h8,10-11,13,19H,2-7,9H2,1H3/t10?,11-,13+,14?/m0/s1. The van der Waals surface area contributed by atoms with Crippen molar-refractivity contribution in [2.45, 2.75) is 43.8 Å². The van der Waals surface area contributed by atoms with Gasteiger partial charge in [0.2, 0.25) is 10.0 Å². The third-order valence-corrected chi connectivity index (χ3v) is 6.40. The molecule has 134 valence electrons. The predicted octanol–water partition coefficient (Wildman–Crippen LogP) is -0.717. The third kappa shape index (κ3) is 2.86. The monoisotopic (exact) mass is 358 g/mol. The van der Waals surface area contributed by atoms with Gasteiger partial charge in [-0.2, -0.15) is 0 Å². The molecule has 0 radical (unpaired) electrons. The number of fused-ring (bicyclic) bond motifs is 2. The van der Waals surface area contributed by atoms with Crippen LogP contribution in [0, 0.1) is 5.92 Å². The summed E-state index contributed by atoms with van der Waals surface area (Å²) in [5.41, 5.74) is -0.814. The first-order chi connectivity index (χ1) is 11.3. The Balaban J connectivity index is 1.44. The number of aromatic nitrogens is 3. The van der Waals surface area contributed by atoms with Crippen LogP contribution in [-0.4, -0.2) is 71.2 Å². The molecule has 0 amide bonds. The summed E-state index contributed by atoms with van der Waals surface area (Å²) in [5, 5.41) is 19.1. The van der Waals surface area contributed by atoms with E-state index >= 15 is 0 Å². The Bertz CT molecular complexity index is 723. The normalized spacial score (nSPS) is 37.2. The molecular formula is C14H22N4O5S. The Labute approximate surface area is 140 Å². The van der Waals surface area contributed by atoms with Crippen molar-refractivity contribution in [3.05, 3.63) is 11.9 Å². The lowest BCUT2D eigenvalue weighted by molar-refractivity contribution is -0.219. The largest absolute Gasteiger partial charge is 0.378 e. The maximum atomic E-state index is 11.6. The lowest BCUT2D eigenvalue weighted by atomic mass is 9.90. The first-order valence-corrected chi connectivity index (χ1v) is 10.0. The fourth-order valence-electron chi connectivity index (χ4n) is 3.70. The first kappa shape index (κ1) is 16.4. The van der Waals surface area contributed by atoms with E-state index in [1.54, 1.807) is 10.9 Å². The second kappa shape index (κ2) is 5.73. The quantitative estimate of drug-likeness (QED) is 0.757. The molecule has 24 heavy (non-hydrogen) atoms. The van der Waals surface area contributed by atoms with Crippen LogP contribution < -0.4 is 0 Å². The maximum absolute atomic E-state index is 11.6. The van der Waals surface area contributed by atoms with Gasteiger partial charge in [-0.05, 0) is 25.2 Å². The molecule has 10 heteroatoms. The molecule has 1 N–H and O–H groups in total. The third-order valence-electron chi connectivity index (χ3n) is 5.13. The van der Waals surface area contributed by atoms with Crippen LogP contribution in [0.15, 0.2) is 6.20 Å². The van der Waals surface area contributed by atoms with E-state index in [1.807, 2.05) is 0 Å². The van der Waals surface area contributed by atoms with Crippen LogP contribution >= 0.6 is 0 Å². The maximum Gasteiger partial charge on any atom is 0.211 e. The van der Waals surface area contributed by atoms with Gasteiger partial charge in [-0.25, -0.2) is 12.7 Å². The van der Waals surface area contributed by atoms with Crippen molar-refractivity contribution in [1.82, 2.24) is 19.3 Å². The molecule has 4 rings (SSSR count). The molecule has 2 unspecified atom stereocenters. The summed E-state index contributed by atoms with van der Waals surface area (Å²) in [4.78, 5) is 0. The SMILES string of the molecule is CS(=O)(=O)N1CCC(Cn2cc(C3(O)CC[C@H]4CO[C@@H]3O4)nn2)C1. The van der Waals surface area contributed by atoms with Gasteiger partial charge in [0.25, 0.3) is 0 Å². The van der Waals surface area contributed by atoms with Gasteiger partial charge in [-0.1, -0.05) is 5.21 Å². The summed E-state index contributed by atoms with van der Waals surface area (Å²) < 4.78 is 37.5. The highest BCUT2D eigenvalue weighted by Crippen LogP contribution is 2.40. The Hall–Kier alpha value is -1.07. The van der Waals surface area contributed by atoms with Crippen LogP contribution in [0.1, 0.15) is 25.0 Å². The highest BCUT2D eigenvalue weighted by molar-refractivity contribution is 7.88. The molecule has 0 saturated carbocycles.